The maximum atomic E-state index is 13.0. The van der Waals surface area contributed by atoms with Gasteiger partial charge in [-0.05, 0) is 61.2 Å². The first kappa shape index (κ1) is 20.6. The van der Waals surface area contributed by atoms with Crippen LogP contribution in [0.2, 0.25) is 0 Å². The first-order chi connectivity index (χ1) is 13.7. The van der Waals surface area contributed by atoms with Crippen molar-refractivity contribution < 1.29 is 13.9 Å². The summed E-state index contributed by atoms with van der Waals surface area (Å²) in [7, 11) is 3.34. The molecule has 1 aliphatic heterocycles. The summed E-state index contributed by atoms with van der Waals surface area (Å²) in [5.41, 5.74) is 2.49. The fourth-order valence-corrected chi connectivity index (χ4v) is 3.72. The molecule has 1 heterocycles. The number of methoxy groups -OCH3 is 2. The highest BCUT2D eigenvalue weighted by atomic mass is 19.1. The number of piperazine rings is 1. The van der Waals surface area contributed by atoms with E-state index in [-0.39, 0.29) is 5.82 Å². The second-order valence-corrected chi connectivity index (χ2v) is 7.35. The average Bonchev–Trinajstić information content (AvgIpc) is 2.74. The number of halogens is 1. The van der Waals surface area contributed by atoms with Gasteiger partial charge in [0.15, 0.2) is 11.5 Å². The third-order valence-electron chi connectivity index (χ3n) is 5.48. The lowest BCUT2D eigenvalue weighted by atomic mass is 10.1. The predicted molar refractivity (Wildman–Crippen MR) is 111 cm³/mol. The molecule has 0 spiro atoms. The van der Waals surface area contributed by atoms with Gasteiger partial charge in [0, 0.05) is 32.7 Å². The van der Waals surface area contributed by atoms with Gasteiger partial charge < -0.3 is 19.3 Å². The summed E-state index contributed by atoms with van der Waals surface area (Å²) in [6.07, 6.45) is 3.15. The lowest BCUT2D eigenvalue weighted by molar-refractivity contribution is 0.132. The normalized spacial score (nSPS) is 15.5. The van der Waals surface area contributed by atoms with E-state index in [1.54, 1.807) is 26.4 Å². The van der Waals surface area contributed by atoms with E-state index in [1.807, 2.05) is 18.2 Å². The smallest absolute Gasteiger partial charge is 0.160 e. The van der Waals surface area contributed by atoms with Gasteiger partial charge in [-0.2, -0.15) is 0 Å². The van der Waals surface area contributed by atoms with Crippen LogP contribution in [0.15, 0.2) is 42.5 Å². The molecule has 0 aliphatic carbocycles. The van der Waals surface area contributed by atoms with E-state index in [2.05, 4.69) is 21.9 Å². The number of ether oxygens (including phenoxy) is 2. The van der Waals surface area contributed by atoms with E-state index in [4.69, 9.17) is 9.47 Å². The molecule has 4 nitrogen and oxygen atoms in total. The Hall–Kier alpha value is -2.11. The van der Waals surface area contributed by atoms with Crippen LogP contribution in [0.1, 0.15) is 17.5 Å². The predicted octanol–water partition coefficient (Wildman–Crippen LogP) is 3.64. The van der Waals surface area contributed by atoms with Crippen LogP contribution in [0.3, 0.4) is 0 Å². The number of hydrogen-bond donors (Lipinski definition) is 0. The first-order valence-electron chi connectivity index (χ1n) is 10.1. The van der Waals surface area contributed by atoms with Crippen LogP contribution in [0, 0.1) is 5.82 Å². The van der Waals surface area contributed by atoms with Crippen molar-refractivity contribution in [3.63, 3.8) is 0 Å². The van der Waals surface area contributed by atoms with E-state index < -0.39 is 0 Å². The minimum atomic E-state index is -0.159. The fraction of sp³-hybridized carbons (Fsp3) is 0.478. The number of nitrogens with zero attached hydrogens (tertiary/aromatic N) is 2. The Balaban J connectivity index is 1.35. The Morgan fingerprint density at radius 2 is 1.36 bits per heavy atom. The van der Waals surface area contributed by atoms with Gasteiger partial charge in [0.25, 0.3) is 0 Å². The van der Waals surface area contributed by atoms with Crippen molar-refractivity contribution in [2.75, 3.05) is 53.5 Å². The fourth-order valence-electron chi connectivity index (χ4n) is 3.72. The van der Waals surface area contributed by atoms with Gasteiger partial charge in [-0.15, -0.1) is 0 Å². The average molecular weight is 387 g/mol. The molecule has 0 atom stereocenters. The first-order valence-corrected chi connectivity index (χ1v) is 10.1. The standard InChI is InChI=1S/C23H31FN2O2/c1-27-22-10-7-20(18-23(22)28-2)11-13-26-16-14-25(15-17-26)12-3-4-19-5-8-21(24)9-6-19/h5-10,18H,3-4,11-17H2,1-2H3. The minimum absolute atomic E-state index is 0.159. The molecule has 3 rings (SSSR count). The largest absolute Gasteiger partial charge is 0.493 e. The van der Waals surface area contributed by atoms with Crippen LogP contribution in [0.5, 0.6) is 11.5 Å². The Kier molecular flexibility index (Phi) is 7.69. The Labute approximate surface area is 167 Å². The maximum absolute atomic E-state index is 13.0. The van der Waals surface area contributed by atoms with Crippen LogP contribution >= 0.6 is 0 Å². The second-order valence-electron chi connectivity index (χ2n) is 7.35. The summed E-state index contributed by atoms with van der Waals surface area (Å²) in [5, 5.41) is 0. The van der Waals surface area contributed by atoms with Gasteiger partial charge in [-0.25, -0.2) is 4.39 Å². The van der Waals surface area contributed by atoms with E-state index in [1.165, 1.54) is 11.1 Å². The van der Waals surface area contributed by atoms with Gasteiger partial charge >= 0.3 is 0 Å². The van der Waals surface area contributed by atoms with Crippen LogP contribution < -0.4 is 9.47 Å². The Morgan fingerprint density at radius 1 is 0.750 bits per heavy atom. The molecular formula is C23H31FN2O2. The zero-order valence-electron chi connectivity index (χ0n) is 17.0. The highest BCUT2D eigenvalue weighted by molar-refractivity contribution is 5.42. The molecule has 5 heteroatoms. The van der Waals surface area contributed by atoms with Gasteiger partial charge in [-0.1, -0.05) is 18.2 Å². The molecule has 0 unspecified atom stereocenters. The zero-order chi connectivity index (χ0) is 19.8. The van der Waals surface area contributed by atoms with Crippen molar-refractivity contribution in [1.29, 1.82) is 0 Å². The molecule has 28 heavy (non-hydrogen) atoms. The molecule has 0 amide bonds. The van der Waals surface area contributed by atoms with Crippen LogP contribution in [0.25, 0.3) is 0 Å². The zero-order valence-corrected chi connectivity index (χ0v) is 17.0. The molecule has 1 saturated heterocycles. The quantitative estimate of drug-likeness (QED) is 0.657. The minimum Gasteiger partial charge on any atom is -0.493 e. The summed E-state index contributed by atoms with van der Waals surface area (Å²) in [6, 6.07) is 13.0. The van der Waals surface area contributed by atoms with E-state index in [0.29, 0.717) is 0 Å². The summed E-state index contributed by atoms with van der Waals surface area (Å²) in [5.74, 6) is 1.42. The third-order valence-corrected chi connectivity index (χ3v) is 5.48. The van der Waals surface area contributed by atoms with E-state index >= 15 is 0 Å². The van der Waals surface area contributed by atoms with Crippen LogP contribution in [0.4, 0.5) is 4.39 Å². The molecule has 0 radical (unpaired) electrons. The lowest BCUT2D eigenvalue weighted by Crippen LogP contribution is -2.47. The molecular weight excluding hydrogens is 355 g/mol. The second kappa shape index (κ2) is 10.4. The molecule has 0 N–H and O–H groups in total. The van der Waals surface area contributed by atoms with Crippen molar-refractivity contribution in [1.82, 2.24) is 9.80 Å². The maximum Gasteiger partial charge on any atom is 0.160 e. The Bertz CT molecular complexity index is 728. The number of rotatable bonds is 9. The molecule has 1 fully saturated rings. The van der Waals surface area contributed by atoms with E-state index in [9.17, 15) is 4.39 Å². The topological polar surface area (TPSA) is 24.9 Å². The highest BCUT2D eigenvalue weighted by Gasteiger charge is 2.16. The van der Waals surface area contributed by atoms with Crippen LogP contribution in [-0.4, -0.2) is 63.3 Å². The molecule has 2 aromatic rings. The van der Waals surface area contributed by atoms with Gasteiger partial charge in [0.1, 0.15) is 5.82 Å². The third kappa shape index (κ3) is 5.94. The van der Waals surface area contributed by atoms with Gasteiger partial charge in [0.05, 0.1) is 14.2 Å². The van der Waals surface area contributed by atoms with Crippen molar-refractivity contribution in [3.8, 4) is 11.5 Å². The van der Waals surface area contributed by atoms with Crippen molar-refractivity contribution in [2.24, 2.45) is 0 Å². The molecule has 0 bridgehead atoms. The Morgan fingerprint density at radius 3 is 2.00 bits per heavy atom. The van der Waals surface area contributed by atoms with Gasteiger partial charge in [0.2, 0.25) is 0 Å². The van der Waals surface area contributed by atoms with Crippen LogP contribution in [-0.2, 0) is 12.8 Å². The number of hydrogen-bond acceptors (Lipinski definition) is 4. The van der Waals surface area contributed by atoms with Crippen molar-refractivity contribution in [3.05, 3.63) is 59.4 Å². The SMILES string of the molecule is COc1ccc(CCN2CCN(CCCc3ccc(F)cc3)CC2)cc1OC. The highest BCUT2D eigenvalue weighted by Crippen LogP contribution is 2.27. The molecule has 0 aromatic heterocycles. The summed E-state index contributed by atoms with van der Waals surface area (Å²) in [6.45, 7) is 6.65. The van der Waals surface area contributed by atoms with Gasteiger partial charge in [-0.3, -0.25) is 0 Å². The summed E-state index contributed by atoms with van der Waals surface area (Å²) < 4.78 is 23.7. The van der Waals surface area contributed by atoms with Crippen molar-refractivity contribution in [2.45, 2.75) is 19.3 Å². The summed E-state index contributed by atoms with van der Waals surface area (Å²) >= 11 is 0. The molecule has 0 saturated carbocycles. The molecule has 1 aliphatic rings. The number of benzene rings is 2. The molecule has 2 aromatic carbocycles. The van der Waals surface area contributed by atoms with Crippen molar-refractivity contribution >= 4 is 0 Å². The number of aryl methyl sites for hydroxylation is 1. The lowest BCUT2D eigenvalue weighted by Gasteiger charge is -2.34. The van der Waals surface area contributed by atoms with E-state index in [0.717, 1.165) is 70.0 Å². The molecule has 152 valence electrons. The summed E-state index contributed by atoms with van der Waals surface area (Å²) in [4.78, 5) is 5.07. The monoisotopic (exact) mass is 386 g/mol.